The minimum atomic E-state index is -0.846. The average molecular weight is 271 g/mol. The highest BCUT2D eigenvalue weighted by atomic mass is 32.2. The highest BCUT2D eigenvalue weighted by Crippen LogP contribution is 2.29. The van der Waals surface area contributed by atoms with E-state index >= 15 is 0 Å². The SMILES string of the molecule is Cc1csc(SCc2ccsc2C(=O)O)n1. The van der Waals surface area contributed by atoms with E-state index in [2.05, 4.69) is 4.98 Å². The Kier molecular flexibility index (Phi) is 3.63. The van der Waals surface area contributed by atoms with Crippen LogP contribution in [0.3, 0.4) is 0 Å². The van der Waals surface area contributed by atoms with Crippen molar-refractivity contribution < 1.29 is 9.90 Å². The molecule has 3 nitrogen and oxygen atoms in total. The molecule has 0 fully saturated rings. The highest BCUT2D eigenvalue weighted by Gasteiger charge is 2.12. The van der Waals surface area contributed by atoms with Gasteiger partial charge in [0.1, 0.15) is 9.22 Å². The van der Waals surface area contributed by atoms with Crippen LogP contribution in [-0.2, 0) is 5.75 Å². The number of carboxylic acid groups (broad SMARTS) is 1. The van der Waals surface area contributed by atoms with Gasteiger partial charge >= 0.3 is 5.97 Å². The number of aryl methyl sites for hydroxylation is 1. The van der Waals surface area contributed by atoms with E-state index in [-0.39, 0.29) is 0 Å². The summed E-state index contributed by atoms with van der Waals surface area (Å²) >= 11 is 4.44. The molecule has 0 radical (unpaired) electrons. The number of aromatic nitrogens is 1. The fraction of sp³-hybridized carbons (Fsp3) is 0.200. The van der Waals surface area contributed by atoms with Crippen molar-refractivity contribution in [2.45, 2.75) is 17.0 Å². The Hall–Kier alpha value is -0.850. The van der Waals surface area contributed by atoms with Crippen molar-refractivity contribution >= 4 is 40.4 Å². The van der Waals surface area contributed by atoms with Crippen LogP contribution >= 0.6 is 34.4 Å². The standard InChI is InChI=1S/C10H9NO2S3/c1-6-4-15-10(11-6)16-5-7-2-3-14-8(7)9(12)13/h2-4H,5H2,1H3,(H,12,13). The summed E-state index contributed by atoms with van der Waals surface area (Å²) in [5.74, 6) is -0.182. The third-order valence-corrected chi connectivity index (χ3v) is 5.02. The molecule has 0 saturated carbocycles. The van der Waals surface area contributed by atoms with E-state index in [1.165, 1.54) is 11.3 Å². The van der Waals surface area contributed by atoms with Crippen molar-refractivity contribution in [3.8, 4) is 0 Å². The predicted molar refractivity (Wildman–Crippen MR) is 67.7 cm³/mol. The lowest BCUT2D eigenvalue weighted by Gasteiger charge is -1.97. The maximum Gasteiger partial charge on any atom is 0.346 e. The monoisotopic (exact) mass is 271 g/mol. The Labute approximate surface area is 105 Å². The number of thiophene rings is 1. The molecule has 0 aliphatic rings. The molecule has 0 saturated heterocycles. The predicted octanol–water partition coefficient (Wildman–Crippen LogP) is 3.50. The second kappa shape index (κ2) is 4.99. The summed E-state index contributed by atoms with van der Waals surface area (Å²) in [6.07, 6.45) is 0. The van der Waals surface area contributed by atoms with E-state index < -0.39 is 5.97 Å². The second-order valence-electron chi connectivity index (χ2n) is 3.12. The number of hydrogen-bond donors (Lipinski definition) is 1. The van der Waals surface area contributed by atoms with Crippen molar-refractivity contribution in [2.75, 3.05) is 0 Å². The molecule has 0 unspecified atom stereocenters. The van der Waals surface area contributed by atoms with Crippen LogP contribution in [0, 0.1) is 6.92 Å². The molecular formula is C10H9NO2S3. The first-order chi connectivity index (χ1) is 7.66. The Morgan fingerprint density at radius 2 is 2.38 bits per heavy atom. The molecule has 0 amide bonds. The first kappa shape index (κ1) is 11.6. The van der Waals surface area contributed by atoms with Crippen LogP contribution in [0.1, 0.15) is 20.9 Å². The van der Waals surface area contributed by atoms with Gasteiger partial charge in [0.15, 0.2) is 0 Å². The molecule has 0 bridgehead atoms. The molecule has 6 heteroatoms. The number of thiazole rings is 1. The summed E-state index contributed by atoms with van der Waals surface area (Å²) in [4.78, 5) is 15.6. The van der Waals surface area contributed by atoms with Gasteiger partial charge in [-0.25, -0.2) is 9.78 Å². The van der Waals surface area contributed by atoms with Crippen LogP contribution in [0.5, 0.6) is 0 Å². The van der Waals surface area contributed by atoms with Crippen LogP contribution in [0.2, 0.25) is 0 Å². The maximum atomic E-state index is 10.9. The number of thioether (sulfide) groups is 1. The molecular weight excluding hydrogens is 262 g/mol. The molecule has 2 heterocycles. The topological polar surface area (TPSA) is 50.2 Å². The summed E-state index contributed by atoms with van der Waals surface area (Å²) in [6.45, 7) is 1.95. The molecule has 0 aromatic carbocycles. The van der Waals surface area contributed by atoms with E-state index in [1.54, 1.807) is 23.1 Å². The zero-order chi connectivity index (χ0) is 11.5. The number of rotatable bonds is 4. The lowest BCUT2D eigenvalue weighted by Crippen LogP contribution is -1.96. The van der Waals surface area contributed by atoms with E-state index in [4.69, 9.17) is 5.11 Å². The van der Waals surface area contributed by atoms with Crippen LogP contribution in [-0.4, -0.2) is 16.1 Å². The summed E-state index contributed by atoms with van der Waals surface area (Å²) in [6, 6.07) is 1.86. The van der Waals surface area contributed by atoms with Crippen LogP contribution in [0.15, 0.2) is 21.2 Å². The summed E-state index contributed by atoms with van der Waals surface area (Å²) in [5.41, 5.74) is 1.88. The molecule has 0 spiro atoms. The zero-order valence-electron chi connectivity index (χ0n) is 8.47. The smallest absolute Gasteiger partial charge is 0.346 e. The van der Waals surface area contributed by atoms with Crippen molar-refractivity contribution in [2.24, 2.45) is 0 Å². The van der Waals surface area contributed by atoms with Gasteiger partial charge in [-0.3, -0.25) is 0 Å². The van der Waals surface area contributed by atoms with Gasteiger partial charge in [0, 0.05) is 16.8 Å². The molecule has 2 aromatic heterocycles. The van der Waals surface area contributed by atoms with Gasteiger partial charge in [-0.05, 0) is 23.9 Å². The van der Waals surface area contributed by atoms with Crippen molar-refractivity contribution in [1.82, 2.24) is 4.98 Å². The molecule has 0 aliphatic carbocycles. The third kappa shape index (κ3) is 2.63. The molecule has 16 heavy (non-hydrogen) atoms. The van der Waals surface area contributed by atoms with Gasteiger partial charge in [-0.1, -0.05) is 11.8 Å². The number of carboxylic acids is 1. The summed E-state index contributed by atoms with van der Waals surface area (Å²) < 4.78 is 0.986. The van der Waals surface area contributed by atoms with Gasteiger partial charge < -0.3 is 5.11 Å². The first-order valence-electron chi connectivity index (χ1n) is 4.51. The Balaban J connectivity index is 2.04. The van der Waals surface area contributed by atoms with Gasteiger partial charge in [0.05, 0.1) is 0 Å². The lowest BCUT2D eigenvalue weighted by atomic mass is 10.3. The Bertz CT molecular complexity index is 504. The van der Waals surface area contributed by atoms with Gasteiger partial charge in [0.25, 0.3) is 0 Å². The highest BCUT2D eigenvalue weighted by molar-refractivity contribution is 8.00. The van der Waals surface area contributed by atoms with Crippen molar-refractivity contribution in [3.63, 3.8) is 0 Å². The van der Waals surface area contributed by atoms with E-state index in [1.807, 2.05) is 23.8 Å². The van der Waals surface area contributed by atoms with E-state index in [0.29, 0.717) is 10.6 Å². The van der Waals surface area contributed by atoms with E-state index in [0.717, 1.165) is 15.6 Å². The fourth-order valence-electron chi connectivity index (χ4n) is 1.18. The maximum absolute atomic E-state index is 10.9. The average Bonchev–Trinajstić information content (AvgIpc) is 2.83. The molecule has 84 valence electrons. The Morgan fingerprint density at radius 1 is 1.56 bits per heavy atom. The largest absolute Gasteiger partial charge is 0.477 e. The first-order valence-corrected chi connectivity index (χ1v) is 7.26. The lowest BCUT2D eigenvalue weighted by molar-refractivity contribution is 0.0701. The minimum Gasteiger partial charge on any atom is -0.477 e. The number of nitrogens with zero attached hydrogens (tertiary/aromatic N) is 1. The molecule has 2 rings (SSSR count). The third-order valence-electron chi connectivity index (χ3n) is 1.89. The Morgan fingerprint density at radius 3 is 3.00 bits per heavy atom. The molecule has 0 aliphatic heterocycles. The van der Waals surface area contributed by atoms with Crippen LogP contribution in [0.25, 0.3) is 0 Å². The van der Waals surface area contributed by atoms with Gasteiger partial charge in [-0.2, -0.15) is 0 Å². The van der Waals surface area contributed by atoms with Gasteiger partial charge in [-0.15, -0.1) is 22.7 Å². The van der Waals surface area contributed by atoms with E-state index in [9.17, 15) is 4.79 Å². The molecule has 0 atom stereocenters. The normalized spacial score (nSPS) is 10.6. The van der Waals surface area contributed by atoms with Gasteiger partial charge in [0.2, 0.25) is 0 Å². The van der Waals surface area contributed by atoms with Crippen LogP contribution in [0.4, 0.5) is 0 Å². The summed E-state index contributed by atoms with van der Waals surface area (Å²) in [5, 5.41) is 12.8. The molecule has 2 aromatic rings. The van der Waals surface area contributed by atoms with Crippen LogP contribution < -0.4 is 0 Å². The minimum absolute atomic E-state index is 0.431. The number of hydrogen-bond acceptors (Lipinski definition) is 5. The second-order valence-corrected chi connectivity index (χ2v) is 6.12. The van der Waals surface area contributed by atoms with Crippen molar-refractivity contribution in [1.29, 1.82) is 0 Å². The fourth-order valence-corrected chi connectivity index (χ4v) is 3.87. The quantitative estimate of drug-likeness (QED) is 0.865. The van der Waals surface area contributed by atoms with Crippen molar-refractivity contribution in [3.05, 3.63) is 33.0 Å². The molecule has 1 N–H and O–H groups in total. The number of carbonyl (C=O) groups is 1. The number of aromatic carboxylic acids is 1. The summed E-state index contributed by atoms with van der Waals surface area (Å²) in [7, 11) is 0. The zero-order valence-corrected chi connectivity index (χ0v) is 10.9.